The zero-order chi connectivity index (χ0) is 51.1. The lowest BCUT2D eigenvalue weighted by Crippen LogP contribution is -2.61. The van der Waals surface area contributed by atoms with E-state index < -0.39 is 151 Å². The Morgan fingerprint density at radius 2 is 1.42 bits per heavy atom. The number of aliphatic hydroxyl groups is 11. The number of methoxy groups -OCH3 is 1. The van der Waals surface area contributed by atoms with E-state index in [0.717, 1.165) is 0 Å². The van der Waals surface area contributed by atoms with Crippen LogP contribution in [0, 0.1) is 23.7 Å². The molecule has 3 aliphatic heterocycles. The van der Waals surface area contributed by atoms with E-state index in [4.69, 9.17) is 64.2 Å². The number of esters is 1. The molecule has 22 nitrogen and oxygen atoms in total. The van der Waals surface area contributed by atoms with Gasteiger partial charge in [0.15, 0.2) is 18.7 Å². The van der Waals surface area contributed by atoms with Crippen LogP contribution in [0.15, 0.2) is 0 Å². The highest BCUT2D eigenvalue weighted by Gasteiger charge is 2.53. The summed E-state index contributed by atoms with van der Waals surface area (Å²) in [6.45, 7) is 15.5. The molecule has 3 rings (SSSR count). The van der Waals surface area contributed by atoms with Crippen LogP contribution in [0.1, 0.15) is 94.9 Å². The van der Waals surface area contributed by atoms with E-state index in [1.54, 1.807) is 41.5 Å². The van der Waals surface area contributed by atoms with Gasteiger partial charge < -0.3 is 94.6 Å². The highest BCUT2D eigenvalue weighted by molar-refractivity contribution is 5.83. The quantitative estimate of drug-likeness (QED) is 0.0860. The van der Waals surface area contributed by atoms with Gasteiger partial charge in [0.2, 0.25) is 0 Å². The third-order valence-electron chi connectivity index (χ3n) is 13.7. The van der Waals surface area contributed by atoms with Crippen molar-refractivity contribution in [2.45, 2.75) is 210 Å². The largest absolute Gasteiger partial charge is 0.479 e. The minimum Gasteiger partial charge on any atom is -0.479 e. The molecular formula is C44H81NO21. The summed E-state index contributed by atoms with van der Waals surface area (Å²) in [5.41, 5.74) is -4.84. The Labute approximate surface area is 387 Å². The van der Waals surface area contributed by atoms with Gasteiger partial charge in [-0.15, -0.1) is 0 Å². The fourth-order valence-electron chi connectivity index (χ4n) is 9.28. The highest BCUT2D eigenvalue weighted by atomic mass is 16.7. The zero-order valence-electron chi connectivity index (χ0n) is 40.6. The van der Waals surface area contributed by atoms with Gasteiger partial charge >= 0.3 is 11.9 Å². The summed E-state index contributed by atoms with van der Waals surface area (Å²) in [5, 5.41) is 119. The van der Waals surface area contributed by atoms with Gasteiger partial charge in [0, 0.05) is 37.3 Å². The van der Waals surface area contributed by atoms with Crippen molar-refractivity contribution in [1.82, 2.24) is 4.90 Å². The van der Waals surface area contributed by atoms with Crippen molar-refractivity contribution >= 4 is 17.7 Å². The van der Waals surface area contributed by atoms with E-state index in [0.29, 0.717) is 6.42 Å². The summed E-state index contributed by atoms with van der Waals surface area (Å²) in [5.74, 6) is -6.76. The van der Waals surface area contributed by atoms with Crippen LogP contribution in [-0.2, 0) is 42.8 Å². The standard InChI is InChI=1S/C37H67NO13.C7H14O8/c1-14-25-37(10,45)30(41)20(4)27(39)18(2)16-35(8,44)32(51-34-28(40)24(38(11)12)15-19(3)47-34)21(5)29(22(6)33(43)49-25)50-26-17-36(9,46-13)31(42)23(7)48-26;8-1-2(9)3(10)4(11)5(12)6(13)7(14)15/h18-26,28-32,34,40-42,44-45H,14-17H2,1-13H3;2-6,8-13H,1H2,(H,14,15)/t18-,19-,20+,21+,22-,23+,24+,25-,26+,28-,29+,30-,31+,32-,34+,35-,36-,37-;2-,3-,4+,5-,6?/m11/s1. The second-order valence-electron chi connectivity index (χ2n) is 19.5. The number of ether oxygens (including phenoxy) is 6. The molecule has 0 aromatic carbocycles. The number of aliphatic hydroxyl groups excluding tert-OH is 9. The molecule has 0 spiro atoms. The minimum atomic E-state index is -2.29. The van der Waals surface area contributed by atoms with Gasteiger partial charge in [-0.1, -0.05) is 27.7 Å². The summed E-state index contributed by atoms with van der Waals surface area (Å²) in [6, 6.07) is -0.324. The van der Waals surface area contributed by atoms with Crippen LogP contribution in [-0.4, -0.2) is 226 Å². The SMILES string of the molecule is CC[C@H]1OC(=O)[C@H](C)[C@@H](O[C@H]2C[C@@](C)(OC)[C@@H](O)[C@H](C)O2)[C@H](C)[C@@H](O[C@@H]2O[C@H](C)C[C@H](N(C)C)[C@H]2O)[C@](C)(O)C[C@@H](C)C(=O)[C@H](C)[C@@H](O)[C@]1(C)O.O=C(O)C(O)[C@H](O)[C@@H](O)[C@H](O)[C@H](O)CO. The molecule has 3 fully saturated rings. The van der Waals surface area contributed by atoms with Crippen LogP contribution in [0.3, 0.4) is 0 Å². The number of carboxylic acids is 1. The van der Waals surface area contributed by atoms with Crippen molar-refractivity contribution in [2.75, 3.05) is 27.8 Å². The predicted molar refractivity (Wildman–Crippen MR) is 231 cm³/mol. The molecule has 0 bridgehead atoms. The zero-order valence-corrected chi connectivity index (χ0v) is 40.6. The summed E-state index contributed by atoms with van der Waals surface area (Å²) in [7, 11) is 5.18. The summed E-state index contributed by atoms with van der Waals surface area (Å²) in [6.07, 6.45) is -20.0. The van der Waals surface area contributed by atoms with Gasteiger partial charge in [0.1, 0.15) is 54.1 Å². The average Bonchev–Trinajstić information content (AvgIpc) is 3.25. The smallest absolute Gasteiger partial charge is 0.335 e. The van der Waals surface area contributed by atoms with Gasteiger partial charge in [-0.25, -0.2) is 4.79 Å². The van der Waals surface area contributed by atoms with E-state index in [1.807, 2.05) is 25.9 Å². The fraction of sp³-hybridized carbons (Fsp3) is 0.932. The molecule has 12 N–H and O–H groups in total. The molecule has 3 heterocycles. The monoisotopic (exact) mass is 960 g/mol. The lowest BCUT2D eigenvalue weighted by Gasteiger charge is -2.49. The summed E-state index contributed by atoms with van der Waals surface area (Å²) in [4.78, 5) is 40.0. The van der Waals surface area contributed by atoms with Crippen molar-refractivity contribution in [3.63, 3.8) is 0 Å². The van der Waals surface area contributed by atoms with Crippen molar-refractivity contribution in [2.24, 2.45) is 23.7 Å². The van der Waals surface area contributed by atoms with Gasteiger partial charge in [-0.05, 0) is 74.9 Å². The first-order valence-corrected chi connectivity index (χ1v) is 22.6. The number of carbonyl (C=O) groups is 3. The van der Waals surface area contributed by atoms with E-state index in [-0.39, 0.29) is 31.4 Å². The minimum absolute atomic E-state index is 0.0936. The molecule has 0 aliphatic carbocycles. The van der Waals surface area contributed by atoms with Crippen LogP contribution in [0.25, 0.3) is 0 Å². The Bertz CT molecular complexity index is 1540. The van der Waals surface area contributed by atoms with Crippen molar-refractivity contribution in [3.05, 3.63) is 0 Å². The molecule has 1 unspecified atom stereocenters. The first-order valence-electron chi connectivity index (χ1n) is 22.6. The molecule has 0 amide bonds. The van der Waals surface area contributed by atoms with E-state index in [2.05, 4.69) is 0 Å². The third-order valence-corrected chi connectivity index (χ3v) is 13.7. The molecule has 388 valence electrons. The third kappa shape index (κ3) is 14.3. The molecule has 0 aromatic heterocycles. The van der Waals surface area contributed by atoms with Crippen molar-refractivity contribution in [3.8, 4) is 0 Å². The molecule has 22 heteroatoms. The Balaban J connectivity index is 0.000000850. The van der Waals surface area contributed by atoms with Crippen LogP contribution >= 0.6 is 0 Å². The number of nitrogens with zero attached hydrogens (tertiary/aromatic N) is 1. The lowest BCUT2D eigenvalue weighted by molar-refractivity contribution is -0.318. The molecular weight excluding hydrogens is 878 g/mol. The summed E-state index contributed by atoms with van der Waals surface area (Å²) < 4.78 is 37.1. The number of likely N-dealkylation sites (N-methyl/N-ethyl adjacent to an activating group) is 1. The van der Waals surface area contributed by atoms with E-state index in [1.165, 1.54) is 27.9 Å². The maximum absolute atomic E-state index is 14.1. The van der Waals surface area contributed by atoms with Crippen molar-refractivity contribution < 1.29 is 104 Å². The number of aliphatic carboxylic acids is 1. The molecule has 23 atom stereocenters. The normalized spacial score (nSPS) is 43.3. The average molecular weight is 960 g/mol. The second-order valence-corrected chi connectivity index (χ2v) is 19.5. The van der Waals surface area contributed by atoms with Gasteiger partial charge in [-0.2, -0.15) is 0 Å². The highest BCUT2D eigenvalue weighted by Crippen LogP contribution is 2.41. The first kappa shape index (κ1) is 60.1. The molecule has 3 aliphatic rings. The Morgan fingerprint density at radius 1 is 0.848 bits per heavy atom. The number of cyclic esters (lactones) is 1. The number of rotatable bonds is 13. The van der Waals surface area contributed by atoms with Crippen LogP contribution in [0.5, 0.6) is 0 Å². The topological polar surface area (TPSA) is 353 Å². The van der Waals surface area contributed by atoms with Gasteiger partial charge in [0.05, 0.1) is 54.2 Å². The number of hydrogen-bond acceptors (Lipinski definition) is 21. The second kappa shape index (κ2) is 24.7. The summed E-state index contributed by atoms with van der Waals surface area (Å²) >= 11 is 0. The number of Topliss-reactive ketones (excluding diaryl/α,β-unsaturated/α-hetero) is 1. The maximum Gasteiger partial charge on any atom is 0.335 e. The molecule has 66 heavy (non-hydrogen) atoms. The maximum atomic E-state index is 14.1. The van der Waals surface area contributed by atoms with Crippen LogP contribution in [0.2, 0.25) is 0 Å². The van der Waals surface area contributed by atoms with Gasteiger partial charge in [0.25, 0.3) is 0 Å². The molecule has 3 saturated heterocycles. The molecule has 0 aromatic rings. The van der Waals surface area contributed by atoms with E-state index in [9.17, 15) is 39.9 Å². The predicted octanol–water partition coefficient (Wildman–Crippen LogP) is -2.35. The Hall–Kier alpha value is -2.07. The number of hydrogen-bond donors (Lipinski definition) is 12. The number of carbonyl (C=O) groups excluding carboxylic acids is 2. The van der Waals surface area contributed by atoms with E-state index >= 15 is 0 Å². The molecule has 0 radical (unpaired) electrons. The Morgan fingerprint density at radius 3 is 1.92 bits per heavy atom. The Kier molecular flexibility index (Phi) is 22.4. The van der Waals surface area contributed by atoms with Crippen LogP contribution < -0.4 is 0 Å². The fourth-order valence-corrected chi connectivity index (χ4v) is 9.28. The number of carboxylic acid groups (broad SMARTS) is 1. The molecule has 0 saturated carbocycles. The van der Waals surface area contributed by atoms with Crippen LogP contribution in [0.4, 0.5) is 0 Å². The lowest BCUT2D eigenvalue weighted by atomic mass is 9.74. The number of ketones is 1. The van der Waals surface area contributed by atoms with Crippen molar-refractivity contribution in [1.29, 1.82) is 0 Å². The van der Waals surface area contributed by atoms with Gasteiger partial charge in [-0.3, -0.25) is 9.59 Å². The first-order chi connectivity index (χ1) is 30.2.